The second-order valence-electron chi connectivity index (χ2n) is 2.35. The van der Waals surface area contributed by atoms with E-state index in [4.69, 9.17) is 16.1 Å². The molecule has 0 radical (unpaired) electrons. The summed E-state index contributed by atoms with van der Waals surface area (Å²) >= 11 is 0. The van der Waals surface area contributed by atoms with Gasteiger partial charge in [-0.1, -0.05) is 0 Å². The maximum atomic E-state index is 8.60. The van der Waals surface area contributed by atoms with Gasteiger partial charge in [-0.25, -0.2) is 4.68 Å². The van der Waals surface area contributed by atoms with E-state index in [0.717, 1.165) is 0 Å². The number of nitrogens with zero attached hydrogens (tertiary/aromatic N) is 3. The van der Waals surface area contributed by atoms with E-state index in [-0.39, 0.29) is 13.2 Å². The first-order valence-corrected chi connectivity index (χ1v) is 3.69. The van der Waals surface area contributed by atoms with Gasteiger partial charge >= 0.3 is 0 Å². The molecule has 6 heteroatoms. The van der Waals surface area contributed by atoms with Crippen LogP contribution in [0.5, 0.6) is 0 Å². The molecule has 4 N–H and O–H groups in total. The molecule has 0 spiro atoms. The third kappa shape index (κ3) is 1.72. The molecule has 0 atom stereocenters. The highest BCUT2D eigenvalue weighted by atomic mass is 16.3. The van der Waals surface area contributed by atoms with Gasteiger partial charge in [0, 0.05) is 12.8 Å². The highest BCUT2D eigenvalue weighted by Gasteiger charge is 2.07. The Morgan fingerprint density at radius 1 is 1.08 bits per heavy atom. The van der Waals surface area contributed by atoms with Crippen molar-refractivity contribution in [1.82, 2.24) is 14.9 Å². The average Bonchev–Trinajstić information content (AvgIpc) is 2.38. The normalized spacial score (nSPS) is 10.5. The number of nitrogen functional groups attached to an aromatic ring is 1. The van der Waals surface area contributed by atoms with Crippen LogP contribution in [0.4, 0.5) is 0 Å². The average molecular weight is 172 g/mol. The first-order chi connectivity index (χ1) is 5.79. The lowest BCUT2D eigenvalue weighted by molar-refractivity contribution is 0.293. The van der Waals surface area contributed by atoms with Crippen molar-refractivity contribution >= 4 is 0 Å². The zero-order valence-corrected chi connectivity index (χ0v) is 6.64. The molecule has 0 amide bonds. The molecular formula is C6H12N4O2. The molecule has 1 rings (SSSR count). The molecule has 12 heavy (non-hydrogen) atoms. The lowest BCUT2D eigenvalue weighted by atomic mass is 10.4. The first kappa shape index (κ1) is 8.95. The van der Waals surface area contributed by atoms with Crippen LogP contribution in [-0.4, -0.2) is 38.3 Å². The van der Waals surface area contributed by atoms with Crippen molar-refractivity contribution in [3.05, 3.63) is 11.6 Å². The van der Waals surface area contributed by atoms with Gasteiger partial charge in [0.2, 0.25) is 0 Å². The lowest BCUT2D eigenvalue weighted by Crippen LogP contribution is -2.17. The molecule has 0 saturated carbocycles. The van der Waals surface area contributed by atoms with Gasteiger partial charge in [-0.15, -0.1) is 10.2 Å². The van der Waals surface area contributed by atoms with Crippen LogP contribution < -0.4 is 5.84 Å². The molecule has 6 nitrogen and oxygen atoms in total. The van der Waals surface area contributed by atoms with E-state index in [1.807, 2.05) is 0 Å². The van der Waals surface area contributed by atoms with Crippen molar-refractivity contribution in [2.75, 3.05) is 19.1 Å². The van der Waals surface area contributed by atoms with E-state index in [1.54, 1.807) is 0 Å². The minimum absolute atomic E-state index is 0.00550. The van der Waals surface area contributed by atoms with Crippen LogP contribution >= 0.6 is 0 Å². The summed E-state index contributed by atoms with van der Waals surface area (Å²) in [5, 5.41) is 24.7. The zero-order valence-electron chi connectivity index (χ0n) is 6.64. The van der Waals surface area contributed by atoms with Crippen LogP contribution in [0.2, 0.25) is 0 Å². The van der Waals surface area contributed by atoms with Gasteiger partial charge in [0.05, 0.1) is 13.2 Å². The van der Waals surface area contributed by atoms with E-state index < -0.39 is 0 Å². The Hall–Kier alpha value is -1.14. The number of aliphatic hydroxyl groups excluding tert-OH is 2. The number of hydrogen-bond acceptors (Lipinski definition) is 5. The van der Waals surface area contributed by atoms with Crippen molar-refractivity contribution in [2.45, 2.75) is 12.8 Å². The molecule has 0 aliphatic carbocycles. The number of hydrogen-bond donors (Lipinski definition) is 3. The Morgan fingerprint density at radius 3 is 1.83 bits per heavy atom. The molecule has 0 bridgehead atoms. The third-order valence-corrected chi connectivity index (χ3v) is 1.51. The minimum atomic E-state index is -0.00550. The van der Waals surface area contributed by atoms with Gasteiger partial charge in [0.1, 0.15) is 0 Å². The molecule has 0 aliphatic rings. The topological polar surface area (TPSA) is 97.2 Å². The number of rotatable bonds is 4. The van der Waals surface area contributed by atoms with Crippen molar-refractivity contribution < 1.29 is 10.2 Å². The molecule has 0 fully saturated rings. The molecule has 0 saturated heterocycles. The second kappa shape index (κ2) is 4.03. The highest BCUT2D eigenvalue weighted by Crippen LogP contribution is 1.97. The fourth-order valence-electron chi connectivity index (χ4n) is 0.902. The Balaban J connectivity index is 2.74. The fourth-order valence-corrected chi connectivity index (χ4v) is 0.902. The van der Waals surface area contributed by atoms with Crippen LogP contribution in [0.25, 0.3) is 0 Å². The summed E-state index contributed by atoms with van der Waals surface area (Å²) in [5.74, 6) is 6.60. The summed E-state index contributed by atoms with van der Waals surface area (Å²) in [7, 11) is 0. The quantitative estimate of drug-likeness (QED) is 0.459. The second-order valence-corrected chi connectivity index (χ2v) is 2.35. The number of nitrogens with two attached hydrogens (primary N) is 1. The van der Waals surface area contributed by atoms with Gasteiger partial charge in [-0.05, 0) is 0 Å². The van der Waals surface area contributed by atoms with Gasteiger partial charge < -0.3 is 16.1 Å². The molecular weight excluding hydrogens is 160 g/mol. The zero-order chi connectivity index (χ0) is 8.97. The Labute approximate surface area is 69.6 Å². The predicted octanol–water partition coefficient (Wildman–Crippen LogP) is -1.94. The minimum Gasteiger partial charge on any atom is -0.396 e. The summed E-state index contributed by atoms with van der Waals surface area (Å²) < 4.78 is 1.30. The molecule has 1 aromatic rings. The van der Waals surface area contributed by atoms with Crippen molar-refractivity contribution in [2.24, 2.45) is 0 Å². The van der Waals surface area contributed by atoms with E-state index in [2.05, 4.69) is 10.2 Å². The molecule has 1 aromatic heterocycles. The van der Waals surface area contributed by atoms with Crippen LogP contribution in [0, 0.1) is 0 Å². The smallest absolute Gasteiger partial charge is 0.154 e. The molecule has 1 heterocycles. The third-order valence-electron chi connectivity index (χ3n) is 1.51. The lowest BCUT2D eigenvalue weighted by Gasteiger charge is -2.00. The van der Waals surface area contributed by atoms with Crippen molar-refractivity contribution in [3.8, 4) is 0 Å². The Morgan fingerprint density at radius 2 is 1.50 bits per heavy atom. The SMILES string of the molecule is Nn1c(CCO)nnc1CCO. The molecule has 0 aromatic carbocycles. The molecule has 68 valence electrons. The van der Waals surface area contributed by atoms with Crippen LogP contribution in [0.15, 0.2) is 0 Å². The van der Waals surface area contributed by atoms with Gasteiger partial charge in [-0.3, -0.25) is 0 Å². The van der Waals surface area contributed by atoms with Crippen molar-refractivity contribution in [3.63, 3.8) is 0 Å². The van der Waals surface area contributed by atoms with Crippen LogP contribution in [0.1, 0.15) is 11.6 Å². The highest BCUT2D eigenvalue weighted by molar-refractivity contribution is 4.96. The van der Waals surface area contributed by atoms with E-state index in [1.165, 1.54) is 4.68 Å². The number of aromatic nitrogens is 3. The summed E-state index contributed by atoms with van der Waals surface area (Å²) in [5.41, 5.74) is 0. The number of aliphatic hydroxyl groups is 2. The van der Waals surface area contributed by atoms with Crippen molar-refractivity contribution in [1.29, 1.82) is 0 Å². The summed E-state index contributed by atoms with van der Waals surface area (Å²) in [4.78, 5) is 0. The molecule has 0 aliphatic heterocycles. The first-order valence-electron chi connectivity index (χ1n) is 3.69. The Bertz CT molecular complexity index is 224. The largest absolute Gasteiger partial charge is 0.396 e. The van der Waals surface area contributed by atoms with Gasteiger partial charge in [0.15, 0.2) is 11.6 Å². The van der Waals surface area contributed by atoms with Gasteiger partial charge in [0.25, 0.3) is 0 Å². The molecule has 0 unspecified atom stereocenters. The Kier molecular flexibility index (Phi) is 3.01. The fraction of sp³-hybridized carbons (Fsp3) is 0.667. The predicted molar refractivity (Wildman–Crippen MR) is 41.8 cm³/mol. The van der Waals surface area contributed by atoms with Gasteiger partial charge in [-0.2, -0.15) is 0 Å². The van der Waals surface area contributed by atoms with E-state index in [0.29, 0.717) is 24.5 Å². The van der Waals surface area contributed by atoms with Crippen LogP contribution in [-0.2, 0) is 12.8 Å². The maximum absolute atomic E-state index is 8.60. The standard InChI is InChI=1S/C6H12N4O2/c7-10-5(1-3-11)8-9-6(10)2-4-12/h11-12H,1-4,7H2. The van der Waals surface area contributed by atoms with E-state index >= 15 is 0 Å². The monoisotopic (exact) mass is 172 g/mol. The summed E-state index contributed by atoms with van der Waals surface area (Å²) in [6.07, 6.45) is 0.768. The summed E-state index contributed by atoms with van der Waals surface area (Å²) in [6, 6.07) is 0. The van der Waals surface area contributed by atoms with Crippen LogP contribution in [0.3, 0.4) is 0 Å². The maximum Gasteiger partial charge on any atom is 0.154 e. The van der Waals surface area contributed by atoms with E-state index in [9.17, 15) is 0 Å². The summed E-state index contributed by atoms with van der Waals surface area (Å²) in [6.45, 7) is -0.0110.